The molecule has 0 aliphatic rings. The van der Waals surface area contributed by atoms with Gasteiger partial charge in [0.05, 0.1) is 10.7 Å². The highest BCUT2D eigenvalue weighted by atomic mass is 32.1. The van der Waals surface area contributed by atoms with Crippen molar-refractivity contribution < 1.29 is 4.79 Å². The normalized spacial score (nSPS) is 13.3. The smallest absolute Gasteiger partial charge is 0.221 e. The number of aromatic nitrogens is 1. The molecular formula is C15H27N3OS. The molecule has 1 atom stereocenters. The largest absolute Gasteiger partial charge is 0.356 e. The molecule has 1 unspecified atom stereocenters. The quantitative estimate of drug-likeness (QED) is 0.849. The summed E-state index contributed by atoms with van der Waals surface area (Å²) in [5.74, 6) is 0.101. The van der Waals surface area contributed by atoms with E-state index in [1.165, 1.54) is 9.88 Å². The molecular weight excluding hydrogens is 270 g/mol. The van der Waals surface area contributed by atoms with Crippen LogP contribution in [0.1, 0.15) is 62.7 Å². The molecule has 0 saturated carbocycles. The highest BCUT2D eigenvalue weighted by molar-refractivity contribution is 7.12. The lowest BCUT2D eigenvalue weighted by molar-refractivity contribution is -0.120. The summed E-state index contributed by atoms with van der Waals surface area (Å²) < 4.78 is 0. The van der Waals surface area contributed by atoms with Crippen LogP contribution in [0.15, 0.2) is 0 Å². The van der Waals surface area contributed by atoms with E-state index in [1.54, 1.807) is 11.3 Å². The molecule has 5 heteroatoms. The Morgan fingerprint density at radius 3 is 2.55 bits per heavy atom. The van der Waals surface area contributed by atoms with E-state index in [-0.39, 0.29) is 17.4 Å². The van der Waals surface area contributed by atoms with Gasteiger partial charge in [0, 0.05) is 35.8 Å². The summed E-state index contributed by atoms with van der Waals surface area (Å²) in [6.07, 6.45) is 0.516. The van der Waals surface area contributed by atoms with Crippen LogP contribution in [0, 0.1) is 6.92 Å². The van der Waals surface area contributed by atoms with Crippen molar-refractivity contribution >= 4 is 17.2 Å². The van der Waals surface area contributed by atoms with Crippen molar-refractivity contribution in [2.24, 2.45) is 0 Å². The van der Waals surface area contributed by atoms with Crippen molar-refractivity contribution in [3.8, 4) is 0 Å². The van der Waals surface area contributed by atoms with Gasteiger partial charge in [-0.25, -0.2) is 4.98 Å². The standard InChI is InChI=1S/C15H27N3OS/c1-7-16-12(19)8-9-17-10(2)13-11(3)18-14(20-13)15(4,5)6/h10,17H,7-9H2,1-6H3,(H,16,19). The number of hydrogen-bond acceptors (Lipinski definition) is 4. The first kappa shape index (κ1) is 17.1. The molecule has 4 nitrogen and oxygen atoms in total. The molecule has 1 rings (SSSR count). The van der Waals surface area contributed by atoms with E-state index in [9.17, 15) is 4.79 Å². The van der Waals surface area contributed by atoms with E-state index in [0.29, 0.717) is 19.5 Å². The first-order chi connectivity index (χ1) is 9.25. The van der Waals surface area contributed by atoms with Crippen LogP contribution in [0.2, 0.25) is 0 Å². The molecule has 0 bridgehead atoms. The monoisotopic (exact) mass is 297 g/mol. The summed E-state index contributed by atoms with van der Waals surface area (Å²) in [6, 6.07) is 0.234. The molecule has 0 aliphatic carbocycles. The lowest BCUT2D eigenvalue weighted by atomic mass is 9.98. The van der Waals surface area contributed by atoms with Crippen molar-refractivity contribution in [1.29, 1.82) is 0 Å². The minimum Gasteiger partial charge on any atom is -0.356 e. The minimum atomic E-state index is 0.0917. The number of nitrogens with one attached hydrogen (secondary N) is 2. The zero-order valence-corrected chi connectivity index (χ0v) is 14.3. The summed E-state index contributed by atoms with van der Waals surface area (Å²) in [5, 5.41) is 7.38. The van der Waals surface area contributed by atoms with Crippen molar-refractivity contribution in [3.05, 3.63) is 15.6 Å². The Labute approximate surface area is 126 Å². The second kappa shape index (κ2) is 7.18. The lowest BCUT2D eigenvalue weighted by Gasteiger charge is -2.14. The Morgan fingerprint density at radius 1 is 1.40 bits per heavy atom. The summed E-state index contributed by atoms with van der Waals surface area (Å²) in [5.41, 5.74) is 1.19. The third-order valence-electron chi connectivity index (χ3n) is 3.04. The zero-order chi connectivity index (χ0) is 15.3. The highest BCUT2D eigenvalue weighted by Crippen LogP contribution is 2.32. The number of carbonyl (C=O) groups is 1. The van der Waals surface area contributed by atoms with Crippen LogP contribution in [-0.4, -0.2) is 24.0 Å². The van der Waals surface area contributed by atoms with Crippen LogP contribution < -0.4 is 10.6 Å². The maximum atomic E-state index is 11.4. The van der Waals surface area contributed by atoms with Gasteiger partial charge in [0.2, 0.25) is 5.91 Å². The molecule has 0 aliphatic heterocycles. The Morgan fingerprint density at radius 2 is 2.05 bits per heavy atom. The molecule has 0 spiro atoms. The molecule has 0 saturated heterocycles. The molecule has 0 aromatic carbocycles. The van der Waals surface area contributed by atoms with Crippen LogP contribution in [0.5, 0.6) is 0 Å². The molecule has 0 fully saturated rings. The average molecular weight is 297 g/mol. The number of nitrogens with zero attached hydrogens (tertiary/aromatic N) is 1. The number of hydrogen-bond donors (Lipinski definition) is 2. The second-order valence-corrected chi connectivity index (χ2v) is 7.13. The van der Waals surface area contributed by atoms with Crippen molar-refractivity contribution in [2.75, 3.05) is 13.1 Å². The molecule has 1 aromatic heterocycles. The van der Waals surface area contributed by atoms with Crippen molar-refractivity contribution in [1.82, 2.24) is 15.6 Å². The summed E-state index contributed by atoms with van der Waals surface area (Å²) in [6.45, 7) is 14.1. The predicted octanol–water partition coefficient (Wildman–Crippen LogP) is 2.93. The Bertz CT molecular complexity index is 448. The topological polar surface area (TPSA) is 54.0 Å². The van der Waals surface area contributed by atoms with Crippen molar-refractivity contribution in [2.45, 2.75) is 59.4 Å². The molecule has 1 aromatic rings. The average Bonchev–Trinajstić information content (AvgIpc) is 2.71. The maximum absolute atomic E-state index is 11.4. The van der Waals surface area contributed by atoms with E-state index >= 15 is 0 Å². The number of thiazole rings is 1. The maximum Gasteiger partial charge on any atom is 0.221 e. The fourth-order valence-electron chi connectivity index (χ4n) is 1.91. The van der Waals surface area contributed by atoms with Gasteiger partial charge >= 0.3 is 0 Å². The molecule has 1 heterocycles. The van der Waals surface area contributed by atoms with Gasteiger partial charge in [-0.05, 0) is 20.8 Å². The van der Waals surface area contributed by atoms with Crippen LogP contribution in [0.4, 0.5) is 0 Å². The van der Waals surface area contributed by atoms with Gasteiger partial charge in [0.25, 0.3) is 0 Å². The highest BCUT2D eigenvalue weighted by Gasteiger charge is 2.22. The van der Waals surface area contributed by atoms with Crippen LogP contribution in [0.25, 0.3) is 0 Å². The Kier molecular flexibility index (Phi) is 6.14. The van der Waals surface area contributed by atoms with E-state index in [0.717, 1.165) is 5.69 Å². The van der Waals surface area contributed by atoms with Gasteiger partial charge in [0.15, 0.2) is 0 Å². The number of rotatable bonds is 6. The van der Waals surface area contributed by atoms with E-state index in [2.05, 4.69) is 50.2 Å². The van der Waals surface area contributed by atoms with Gasteiger partial charge in [-0.2, -0.15) is 0 Å². The first-order valence-corrected chi connectivity index (χ1v) is 8.05. The molecule has 2 N–H and O–H groups in total. The van der Waals surface area contributed by atoms with Gasteiger partial charge in [0.1, 0.15) is 0 Å². The van der Waals surface area contributed by atoms with Gasteiger partial charge in [-0.3, -0.25) is 4.79 Å². The summed E-state index contributed by atoms with van der Waals surface area (Å²) in [4.78, 5) is 17.3. The third-order valence-corrected chi connectivity index (χ3v) is 4.81. The number of aryl methyl sites for hydroxylation is 1. The fraction of sp³-hybridized carbons (Fsp3) is 0.733. The molecule has 114 valence electrons. The number of carbonyl (C=O) groups excluding carboxylic acids is 1. The third kappa shape index (κ3) is 4.87. The summed E-state index contributed by atoms with van der Waals surface area (Å²) in [7, 11) is 0. The molecule has 1 amide bonds. The zero-order valence-electron chi connectivity index (χ0n) is 13.5. The fourth-order valence-corrected chi connectivity index (χ4v) is 3.06. The van der Waals surface area contributed by atoms with Gasteiger partial charge in [-0.1, -0.05) is 20.8 Å². The van der Waals surface area contributed by atoms with E-state index in [1.807, 2.05) is 6.92 Å². The van der Waals surface area contributed by atoms with Crippen LogP contribution in [-0.2, 0) is 10.2 Å². The Hall–Kier alpha value is -0.940. The lowest BCUT2D eigenvalue weighted by Crippen LogP contribution is -2.28. The SMILES string of the molecule is CCNC(=O)CCNC(C)c1sc(C(C)(C)C)nc1C. The van der Waals surface area contributed by atoms with Crippen LogP contribution in [0.3, 0.4) is 0 Å². The Balaban J connectivity index is 2.58. The molecule has 20 heavy (non-hydrogen) atoms. The van der Waals surface area contributed by atoms with E-state index in [4.69, 9.17) is 0 Å². The molecule has 0 radical (unpaired) electrons. The summed E-state index contributed by atoms with van der Waals surface area (Å²) >= 11 is 1.77. The van der Waals surface area contributed by atoms with E-state index < -0.39 is 0 Å². The van der Waals surface area contributed by atoms with Gasteiger partial charge < -0.3 is 10.6 Å². The second-order valence-electron chi connectivity index (χ2n) is 6.10. The minimum absolute atomic E-state index is 0.0917. The van der Waals surface area contributed by atoms with Crippen molar-refractivity contribution in [3.63, 3.8) is 0 Å². The van der Waals surface area contributed by atoms with Crippen LogP contribution >= 0.6 is 11.3 Å². The first-order valence-electron chi connectivity index (χ1n) is 7.23. The number of amides is 1. The predicted molar refractivity (Wildman–Crippen MR) is 85.3 cm³/mol. The van der Waals surface area contributed by atoms with Gasteiger partial charge in [-0.15, -0.1) is 11.3 Å².